The second kappa shape index (κ2) is 6.91. The maximum absolute atomic E-state index is 12.9. The Kier molecular flexibility index (Phi) is 4.05. The van der Waals surface area contributed by atoms with E-state index < -0.39 is 0 Å². The SMILES string of the molecule is O=C(c1nccs1)N1CCC[C@H]1c1nc(Nc2cc(C3CC3)[nH]n2)n2cccc2n1. The van der Waals surface area contributed by atoms with E-state index in [1.54, 1.807) is 6.20 Å². The quantitative estimate of drug-likeness (QED) is 0.512. The number of fused-ring (bicyclic) bond motifs is 1. The van der Waals surface area contributed by atoms with Gasteiger partial charge in [0.05, 0.1) is 6.04 Å². The van der Waals surface area contributed by atoms with Crippen LogP contribution in [-0.4, -0.2) is 46.9 Å². The number of likely N-dealkylation sites (tertiary alicyclic amines) is 1. The molecule has 4 aromatic rings. The second-order valence-electron chi connectivity index (χ2n) is 7.74. The van der Waals surface area contributed by atoms with Crippen LogP contribution in [0, 0.1) is 0 Å². The van der Waals surface area contributed by atoms with Crippen molar-refractivity contribution in [1.82, 2.24) is 34.4 Å². The lowest BCUT2D eigenvalue weighted by Crippen LogP contribution is -2.31. The van der Waals surface area contributed by atoms with E-state index >= 15 is 0 Å². The Hall–Kier alpha value is -3.27. The lowest BCUT2D eigenvalue weighted by molar-refractivity contribution is 0.0729. The van der Waals surface area contributed by atoms with Crippen LogP contribution in [0.15, 0.2) is 36.0 Å². The highest BCUT2D eigenvalue weighted by Gasteiger charge is 2.34. The van der Waals surface area contributed by atoms with E-state index in [9.17, 15) is 4.79 Å². The number of rotatable bonds is 5. The number of hydrogen-bond acceptors (Lipinski definition) is 7. The number of aromatic amines is 1. The fourth-order valence-electron chi connectivity index (χ4n) is 4.03. The van der Waals surface area contributed by atoms with Gasteiger partial charge in [0, 0.05) is 42.0 Å². The summed E-state index contributed by atoms with van der Waals surface area (Å²) in [7, 11) is 0. The highest BCUT2D eigenvalue weighted by atomic mass is 32.1. The van der Waals surface area contributed by atoms with Crippen molar-refractivity contribution in [3.05, 3.63) is 52.5 Å². The Morgan fingerprint density at radius 2 is 2.20 bits per heavy atom. The van der Waals surface area contributed by atoms with Gasteiger partial charge >= 0.3 is 0 Å². The second-order valence-corrected chi connectivity index (χ2v) is 8.64. The van der Waals surface area contributed by atoms with Gasteiger partial charge in [-0.15, -0.1) is 11.3 Å². The highest BCUT2D eigenvalue weighted by Crippen LogP contribution is 2.39. The largest absolute Gasteiger partial charge is 0.326 e. The Morgan fingerprint density at radius 3 is 3.03 bits per heavy atom. The van der Waals surface area contributed by atoms with Gasteiger partial charge in [0.1, 0.15) is 5.65 Å². The predicted octanol–water partition coefficient (Wildman–Crippen LogP) is 3.51. The number of hydrogen-bond donors (Lipinski definition) is 2. The van der Waals surface area contributed by atoms with Crippen molar-refractivity contribution in [3.63, 3.8) is 0 Å². The molecule has 1 saturated carbocycles. The van der Waals surface area contributed by atoms with Crippen molar-refractivity contribution in [2.75, 3.05) is 11.9 Å². The summed E-state index contributed by atoms with van der Waals surface area (Å²) in [6.45, 7) is 0.686. The first-order valence-electron chi connectivity index (χ1n) is 10.1. The minimum Gasteiger partial charge on any atom is -0.326 e. The topological polar surface area (TPSA) is 104 Å². The lowest BCUT2D eigenvalue weighted by atomic mass is 10.2. The van der Waals surface area contributed by atoms with E-state index in [4.69, 9.17) is 9.97 Å². The molecule has 2 N–H and O–H groups in total. The number of carbonyl (C=O) groups excluding carboxylic acids is 1. The van der Waals surface area contributed by atoms with Gasteiger partial charge in [0.15, 0.2) is 16.6 Å². The molecule has 2 fully saturated rings. The molecule has 1 saturated heterocycles. The normalized spacial score (nSPS) is 18.9. The molecular weight excluding hydrogens is 400 g/mol. The monoisotopic (exact) mass is 420 g/mol. The Morgan fingerprint density at radius 1 is 1.27 bits per heavy atom. The summed E-state index contributed by atoms with van der Waals surface area (Å²) in [5, 5.41) is 13.2. The van der Waals surface area contributed by atoms with E-state index in [0.717, 1.165) is 30.0 Å². The summed E-state index contributed by atoms with van der Waals surface area (Å²) in [5.41, 5.74) is 1.94. The molecule has 5 heterocycles. The molecule has 9 nitrogen and oxygen atoms in total. The first kappa shape index (κ1) is 17.6. The third kappa shape index (κ3) is 3.04. The standard InChI is InChI=1S/C20H20N8OS/c29-19(18-21-7-10-30-18)27-8-1-3-14(27)17-23-16-4-2-9-28(16)20(24-17)22-15-11-13(25-26-15)12-5-6-12/h2,4,7,9-12,14H,1,3,5-6,8H2,(H2,22,23,24,25,26)/t14-/m0/s1. The molecule has 1 amide bonds. The third-order valence-electron chi connectivity index (χ3n) is 5.69. The molecule has 1 aliphatic heterocycles. The average molecular weight is 421 g/mol. The number of nitrogens with one attached hydrogen (secondary N) is 2. The highest BCUT2D eigenvalue weighted by molar-refractivity contribution is 7.11. The fraction of sp³-hybridized carbons (Fsp3) is 0.350. The summed E-state index contributed by atoms with van der Waals surface area (Å²) in [4.78, 5) is 28.5. The first-order valence-corrected chi connectivity index (χ1v) is 11.0. The van der Waals surface area contributed by atoms with Crippen molar-refractivity contribution < 1.29 is 4.79 Å². The van der Waals surface area contributed by atoms with Crippen LogP contribution >= 0.6 is 11.3 Å². The zero-order chi connectivity index (χ0) is 20.1. The van der Waals surface area contributed by atoms with Gasteiger partial charge in [-0.3, -0.25) is 14.3 Å². The van der Waals surface area contributed by atoms with E-state index in [-0.39, 0.29) is 11.9 Å². The van der Waals surface area contributed by atoms with Gasteiger partial charge in [-0.25, -0.2) is 9.97 Å². The van der Waals surface area contributed by atoms with Crippen LogP contribution in [0.4, 0.5) is 11.8 Å². The van der Waals surface area contributed by atoms with Crippen LogP contribution in [0.2, 0.25) is 0 Å². The number of nitrogens with zero attached hydrogens (tertiary/aromatic N) is 6. The van der Waals surface area contributed by atoms with E-state index in [0.29, 0.717) is 29.2 Å². The predicted molar refractivity (Wildman–Crippen MR) is 112 cm³/mol. The van der Waals surface area contributed by atoms with Crippen molar-refractivity contribution >= 4 is 34.7 Å². The lowest BCUT2D eigenvalue weighted by Gasteiger charge is -2.23. The van der Waals surface area contributed by atoms with Crippen LogP contribution in [0.5, 0.6) is 0 Å². The van der Waals surface area contributed by atoms with Gasteiger partial charge in [-0.2, -0.15) is 10.1 Å². The molecule has 1 atom stereocenters. The van der Waals surface area contributed by atoms with E-state index in [2.05, 4.69) is 20.5 Å². The Bertz CT molecular complexity index is 1210. The Balaban J connectivity index is 1.34. The molecule has 2 aliphatic rings. The summed E-state index contributed by atoms with van der Waals surface area (Å²) >= 11 is 1.36. The third-order valence-corrected chi connectivity index (χ3v) is 6.45. The number of anilines is 2. The molecule has 6 rings (SSSR count). The van der Waals surface area contributed by atoms with Gasteiger partial charge in [-0.05, 0) is 37.8 Å². The average Bonchev–Trinajstić information content (AvgIpc) is 3.28. The molecule has 0 unspecified atom stereocenters. The van der Waals surface area contributed by atoms with Gasteiger partial charge in [0.25, 0.3) is 5.91 Å². The van der Waals surface area contributed by atoms with Gasteiger partial charge in [-0.1, -0.05) is 0 Å². The molecule has 4 aromatic heterocycles. The first-order chi connectivity index (χ1) is 14.8. The molecule has 0 radical (unpaired) electrons. The van der Waals surface area contributed by atoms with Crippen molar-refractivity contribution in [2.45, 2.75) is 37.6 Å². The molecule has 0 bridgehead atoms. The zero-order valence-corrected chi connectivity index (χ0v) is 17.0. The summed E-state index contributed by atoms with van der Waals surface area (Å²) in [6, 6.07) is 5.76. The number of amides is 1. The molecule has 152 valence electrons. The summed E-state index contributed by atoms with van der Waals surface area (Å²) in [5.74, 6) is 2.57. The number of thiazole rings is 1. The van der Waals surface area contributed by atoms with Crippen LogP contribution in [0.1, 0.15) is 59.0 Å². The Labute approximate surface area is 176 Å². The van der Waals surface area contributed by atoms with E-state index in [1.807, 2.05) is 39.1 Å². The minimum absolute atomic E-state index is 0.0535. The van der Waals surface area contributed by atoms with Crippen molar-refractivity contribution in [3.8, 4) is 0 Å². The fourth-order valence-corrected chi connectivity index (χ4v) is 4.62. The molecule has 1 aliphatic carbocycles. The summed E-state index contributed by atoms with van der Waals surface area (Å²) < 4.78 is 1.90. The molecular formula is C20H20N8OS. The zero-order valence-electron chi connectivity index (χ0n) is 16.2. The van der Waals surface area contributed by atoms with Crippen LogP contribution in [-0.2, 0) is 0 Å². The smallest absolute Gasteiger partial charge is 0.283 e. The van der Waals surface area contributed by atoms with Crippen molar-refractivity contribution in [1.29, 1.82) is 0 Å². The number of H-pyrrole nitrogens is 1. The molecule has 10 heteroatoms. The summed E-state index contributed by atoms with van der Waals surface area (Å²) in [6.07, 6.45) is 7.76. The van der Waals surface area contributed by atoms with E-state index in [1.165, 1.54) is 24.2 Å². The number of aromatic nitrogens is 6. The van der Waals surface area contributed by atoms with Crippen molar-refractivity contribution in [2.24, 2.45) is 0 Å². The maximum atomic E-state index is 12.9. The van der Waals surface area contributed by atoms with Gasteiger partial charge < -0.3 is 10.2 Å². The van der Waals surface area contributed by atoms with Crippen LogP contribution in [0.25, 0.3) is 5.65 Å². The molecule has 0 aromatic carbocycles. The molecule has 0 spiro atoms. The maximum Gasteiger partial charge on any atom is 0.283 e. The van der Waals surface area contributed by atoms with Crippen LogP contribution < -0.4 is 5.32 Å². The van der Waals surface area contributed by atoms with Crippen LogP contribution in [0.3, 0.4) is 0 Å². The number of carbonyl (C=O) groups is 1. The minimum atomic E-state index is -0.164. The molecule has 30 heavy (non-hydrogen) atoms. The van der Waals surface area contributed by atoms with Gasteiger partial charge in [0.2, 0.25) is 5.95 Å².